The van der Waals surface area contributed by atoms with Crippen molar-refractivity contribution in [2.24, 2.45) is 12.8 Å². The summed E-state index contributed by atoms with van der Waals surface area (Å²) >= 11 is 0. The second kappa shape index (κ2) is 4.61. The van der Waals surface area contributed by atoms with Crippen LogP contribution in [0.1, 0.15) is 5.69 Å². The number of aryl methyl sites for hydroxylation is 1. The summed E-state index contributed by atoms with van der Waals surface area (Å²) in [6, 6.07) is 1.93. The molecule has 5 nitrogen and oxygen atoms in total. The van der Waals surface area contributed by atoms with Gasteiger partial charge in [-0.3, -0.25) is 9.48 Å². The predicted octanol–water partition coefficient (Wildman–Crippen LogP) is -0.962. The number of carbonyl (C=O) groups is 1. The maximum atomic E-state index is 10.7. The molecular weight excluding hydrogens is 168 g/mol. The van der Waals surface area contributed by atoms with Gasteiger partial charge in [0.1, 0.15) is 0 Å². The molecule has 0 aliphatic heterocycles. The van der Waals surface area contributed by atoms with Crippen molar-refractivity contribution in [3.8, 4) is 0 Å². The van der Waals surface area contributed by atoms with E-state index in [0.29, 0.717) is 6.54 Å². The molecule has 0 spiro atoms. The van der Waals surface area contributed by atoms with Gasteiger partial charge >= 0.3 is 0 Å². The molecule has 0 aliphatic rings. The molecule has 0 atom stereocenters. The minimum absolute atomic E-state index is 0.0439. The van der Waals surface area contributed by atoms with Crippen LogP contribution in [0.25, 0.3) is 0 Å². The molecule has 3 N–H and O–H groups in total. The Kier molecular flexibility index (Phi) is 3.45. The van der Waals surface area contributed by atoms with Crippen molar-refractivity contribution >= 4 is 5.91 Å². The van der Waals surface area contributed by atoms with Gasteiger partial charge in [0.15, 0.2) is 0 Å². The third-order valence-electron chi connectivity index (χ3n) is 1.66. The lowest BCUT2D eigenvalue weighted by molar-refractivity contribution is -0.119. The van der Waals surface area contributed by atoms with Crippen molar-refractivity contribution in [3.63, 3.8) is 0 Å². The average molecular weight is 182 g/mol. The molecule has 72 valence electrons. The molecule has 1 amide bonds. The van der Waals surface area contributed by atoms with Crippen LogP contribution >= 0.6 is 0 Å². The van der Waals surface area contributed by atoms with Gasteiger partial charge < -0.3 is 11.1 Å². The summed E-state index contributed by atoms with van der Waals surface area (Å²) in [6.07, 6.45) is 2.62. The highest BCUT2D eigenvalue weighted by Gasteiger charge is 1.98. The van der Waals surface area contributed by atoms with E-state index in [1.807, 2.05) is 19.3 Å². The molecule has 1 aromatic heterocycles. The minimum atomic E-state index is -0.129. The first-order valence-electron chi connectivity index (χ1n) is 4.17. The zero-order valence-corrected chi connectivity index (χ0v) is 7.66. The molecule has 0 radical (unpaired) electrons. The monoisotopic (exact) mass is 182 g/mol. The molecule has 0 aromatic carbocycles. The predicted molar refractivity (Wildman–Crippen MR) is 49.0 cm³/mol. The number of nitrogens with zero attached hydrogens (tertiary/aromatic N) is 2. The number of hydrogen-bond donors (Lipinski definition) is 2. The fraction of sp³-hybridized carbons (Fsp3) is 0.500. The van der Waals surface area contributed by atoms with Crippen molar-refractivity contribution in [1.29, 1.82) is 0 Å². The second-order valence-corrected chi connectivity index (χ2v) is 2.78. The molecule has 0 saturated heterocycles. The third-order valence-corrected chi connectivity index (χ3v) is 1.66. The zero-order chi connectivity index (χ0) is 9.68. The Balaban J connectivity index is 2.24. The summed E-state index contributed by atoms with van der Waals surface area (Å²) in [5, 5.41) is 6.84. The number of nitrogens with two attached hydrogens (primary N) is 1. The standard InChI is InChI=1S/C8H14N4O/c1-12-5-3-7(11-12)2-4-10-8(13)6-9/h3,5H,2,4,6,9H2,1H3,(H,10,13). The molecule has 0 bridgehead atoms. The maximum absolute atomic E-state index is 10.7. The van der Waals surface area contributed by atoms with E-state index in [0.717, 1.165) is 12.1 Å². The Labute approximate surface area is 76.9 Å². The van der Waals surface area contributed by atoms with Crippen LogP contribution in [0.2, 0.25) is 0 Å². The highest BCUT2D eigenvalue weighted by atomic mass is 16.1. The summed E-state index contributed by atoms with van der Waals surface area (Å²) < 4.78 is 1.74. The Bertz CT molecular complexity index is 281. The highest BCUT2D eigenvalue weighted by molar-refractivity contribution is 5.77. The van der Waals surface area contributed by atoms with Crippen molar-refractivity contribution in [1.82, 2.24) is 15.1 Å². The van der Waals surface area contributed by atoms with Crippen LogP contribution < -0.4 is 11.1 Å². The molecule has 1 heterocycles. The van der Waals surface area contributed by atoms with E-state index in [2.05, 4.69) is 10.4 Å². The maximum Gasteiger partial charge on any atom is 0.233 e. The lowest BCUT2D eigenvalue weighted by atomic mass is 10.3. The molecule has 0 aliphatic carbocycles. The smallest absolute Gasteiger partial charge is 0.233 e. The fourth-order valence-electron chi connectivity index (χ4n) is 0.999. The second-order valence-electron chi connectivity index (χ2n) is 2.78. The van der Waals surface area contributed by atoms with Crippen molar-refractivity contribution in [2.75, 3.05) is 13.1 Å². The van der Waals surface area contributed by atoms with Gasteiger partial charge in [0, 0.05) is 26.2 Å². The van der Waals surface area contributed by atoms with Gasteiger partial charge in [0.2, 0.25) is 5.91 Å². The Morgan fingerprint density at radius 1 is 1.77 bits per heavy atom. The Hall–Kier alpha value is -1.36. The number of hydrogen-bond acceptors (Lipinski definition) is 3. The van der Waals surface area contributed by atoms with E-state index in [4.69, 9.17) is 5.73 Å². The van der Waals surface area contributed by atoms with E-state index in [9.17, 15) is 4.79 Å². The van der Waals surface area contributed by atoms with Crippen molar-refractivity contribution in [2.45, 2.75) is 6.42 Å². The number of amides is 1. The van der Waals surface area contributed by atoms with Crippen LogP contribution in [-0.4, -0.2) is 28.8 Å². The van der Waals surface area contributed by atoms with E-state index >= 15 is 0 Å². The minimum Gasteiger partial charge on any atom is -0.355 e. The van der Waals surface area contributed by atoms with Crippen LogP contribution in [0.15, 0.2) is 12.3 Å². The van der Waals surface area contributed by atoms with E-state index < -0.39 is 0 Å². The van der Waals surface area contributed by atoms with Gasteiger partial charge in [-0.25, -0.2) is 0 Å². The highest BCUT2D eigenvalue weighted by Crippen LogP contribution is 1.93. The number of carbonyl (C=O) groups excluding carboxylic acids is 1. The number of nitrogens with one attached hydrogen (secondary N) is 1. The summed E-state index contributed by atoms with van der Waals surface area (Å²) in [6.45, 7) is 0.634. The molecule has 0 saturated carbocycles. The van der Waals surface area contributed by atoms with E-state index in [1.165, 1.54) is 0 Å². The Morgan fingerprint density at radius 2 is 2.54 bits per heavy atom. The lowest BCUT2D eigenvalue weighted by Gasteiger charge is -2.00. The molecule has 13 heavy (non-hydrogen) atoms. The average Bonchev–Trinajstić information content (AvgIpc) is 2.51. The molecule has 0 unspecified atom stereocenters. The first-order valence-corrected chi connectivity index (χ1v) is 4.17. The third kappa shape index (κ3) is 3.25. The number of aromatic nitrogens is 2. The summed E-state index contributed by atoms with van der Waals surface area (Å²) in [7, 11) is 1.86. The molecule has 1 rings (SSSR count). The Morgan fingerprint density at radius 3 is 3.08 bits per heavy atom. The van der Waals surface area contributed by atoms with Gasteiger partial charge in [-0.2, -0.15) is 5.10 Å². The molecule has 1 aromatic rings. The van der Waals surface area contributed by atoms with Crippen LogP contribution in [0.4, 0.5) is 0 Å². The first-order chi connectivity index (χ1) is 6.22. The van der Waals surface area contributed by atoms with Crippen LogP contribution in [0.3, 0.4) is 0 Å². The topological polar surface area (TPSA) is 72.9 Å². The van der Waals surface area contributed by atoms with Crippen molar-refractivity contribution < 1.29 is 4.79 Å². The van der Waals surface area contributed by atoms with E-state index in [1.54, 1.807) is 4.68 Å². The first kappa shape index (κ1) is 9.73. The molecular formula is C8H14N4O. The largest absolute Gasteiger partial charge is 0.355 e. The van der Waals surface area contributed by atoms with Gasteiger partial charge in [-0.1, -0.05) is 0 Å². The van der Waals surface area contributed by atoms with Gasteiger partial charge in [0.05, 0.1) is 12.2 Å². The van der Waals surface area contributed by atoms with Gasteiger partial charge in [-0.05, 0) is 6.07 Å². The van der Waals surface area contributed by atoms with Crippen molar-refractivity contribution in [3.05, 3.63) is 18.0 Å². The number of rotatable bonds is 4. The summed E-state index contributed by atoms with van der Waals surface area (Å²) in [5.41, 5.74) is 6.10. The van der Waals surface area contributed by atoms with Crippen LogP contribution in [0.5, 0.6) is 0 Å². The summed E-state index contributed by atoms with van der Waals surface area (Å²) in [5.74, 6) is -0.129. The quantitative estimate of drug-likeness (QED) is 0.629. The summed E-state index contributed by atoms with van der Waals surface area (Å²) in [4.78, 5) is 10.7. The fourth-order valence-corrected chi connectivity index (χ4v) is 0.999. The van der Waals surface area contributed by atoms with E-state index in [-0.39, 0.29) is 12.5 Å². The SMILES string of the molecule is Cn1ccc(CCNC(=O)CN)n1. The lowest BCUT2D eigenvalue weighted by Crippen LogP contribution is -2.31. The molecule has 5 heteroatoms. The van der Waals surface area contributed by atoms with Crippen LogP contribution in [0, 0.1) is 0 Å². The zero-order valence-electron chi connectivity index (χ0n) is 7.66. The van der Waals surface area contributed by atoms with Gasteiger partial charge in [0.25, 0.3) is 0 Å². The normalized spacial score (nSPS) is 10.0. The molecule has 0 fully saturated rings. The van der Waals surface area contributed by atoms with Gasteiger partial charge in [-0.15, -0.1) is 0 Å². The van der Waals surface area contributed by atoms with Crippen LogP contribution in [-0.2, 0) is 18.3 Å².